The monoisotopic (exact) mass is 217 g/mol. The lowest BCUT2D eigenvalue weighted by Gasteiger charge is -2.06. The maximum atomic E-state index is 5.32. The number of hydrogen-bond acceptors (Lipinski definition) is 5. The molecule has 0 fully saturated rings. The average molecular weight is 217 g/mol. The average Bonchev–Trinajstić information content (AvgIpc) is 2.26. The molecule has 0 aliphatic rings. The van der Waals surface area contributed by atoms with Crippen LogP contribution in [0, 0.1) is 0 Å². The molecule has 0 aromatic carbocycles. The van der Waals surface area contributed by atoms with Crippen LogP contribution in [0.3, 0.4) is 0 Å². The van der Waals surface area contributed by atoms with Gasteiger partial charge in [0.25, 0.3) is 0 Å². The van der Waals surface area contributed by atoms with Crippen LogP contribution in [0.15, 0.2) is 0 Å². The van der Waals surface area contributed by atoms with Crippen LogP contribution >= 0.6 is 0 Å². The van der Waals surface area contributed by atoms with E-state index in [1.54, 1.807) is 7.11 Å². The van der Waals surface area contributed by atoms with E-state index in [1.165, 1.54) is 7.62 Å². The Morgan fingerprint density at radius 2 is 1.67 bits per heavy atom. The van der Waals surface area contributed by atoms with Gasteiger partial charge in [-0.25, -0.2) is 0 Å². The third-order valence-corrected chi connectivity index (χ3v) is 1.64. The first-order valence-corrected chi connectivity index (χ1v) is 5.36. The molecule has 2 N–H and O–H groups in total. The lowest BCUT2D eigenvalue weighted by Crippen LogP contribution is -2.26. The topological polar surface area (TPSA) is 51.8 Å². The summed E-state index contributed by atoms with van der Waals surface area (Å²) in [7, 11) is 3.14. The molecule has 89 valence electrons. The van der Waals surface area contributed by atoms with Crippen LogP contribution < -0.4 is 10.5 Å². The lowest BCUT2D eigenvalue weighted by molar-refractivity contribution is 0.0510. The summed E-state index contributed by atoms with van der Waals surface area (Å²) in [5.74, 6) is 0. The zero-order valence-electron chi connectivity index (χ0n) is 9.75. The van der Waals surface area contributed by atoms with Crippen molar-refractivity contribution in [1.29, 1.82) is 0 Å². The van der Waals surface area contributed by atoms with Crippen molar-refractivity contribution in [2.75, 3.05) is 53.2 Å². The molecular formula is C9H22BN2O3. The molecule has 0 aliphatic carbocycles. The van der Waals surface area contributed by atoms with Gasteiger partial charge in [0.15, 0.2) is 0 Å². The molecule has 0 saturated heterocycles. The van der Waals surface area contributed by atoms with E-state index in [1.807, 2.05) is 0 Å². The molecule has 5 nitrogen and oxygen atoms in total. The molecule has 0 bridgehead atoms. The maximum Gasteiger partial charge on any atom is 0.395 e. The first kappa shape index (κ1) is 14.9. The Labute approximate surface area is 93.1 Å². The number of nitrogens with one attached hydrogen (secondary N) is 2. The largest absolute Gasteiger partial charge is 0.427 e. The molecule has 0 saturated carbocycles. The van der Waals surface area contributed by atoms with Gasteiger partial charge in [0.2, 0.25) is 0 Å². The van der Waals surface area contributed by atoms with E-state index in [2.05, 4.69) is 17.5 Å². The van der Waals surface area contributed by atoms with Crippen LogP contribution in [-0.4, -0.2) is 60.8 Å². The predicted molar refractivity (Wildman–Crippen MR) is 60.9 cm³/mol. The molecule has 6 heteroatoms. The summed E-state index contributed by atoms with van der Waals surface area (Å²) in [5, 5.41) is 6.11. The molecule has 1 radical (unpaired) electrons. The van der Waals surface area contributed by atoms with Gasteiger partial charge in [0.05, 0.1) is 26.4 Å². The summed E-state index contributed by atoms with van der Waals surface area (Å²) < 4.78 is 15.3. The fraction of sp³-hybridized carbons (Fsp3) is 1.00. The van der Waals surface area contributed by atoms with E-state index in [0.29, 0.717) is 19.8 Å². The standard InChI is InChI=1S/C9H22BN2O3/c1-3-11-4-6-14-8-9-15-7-5-12-10-13-2/h11-12H,3-9H2,1-2H3. The smallest absolute Gasteiger partial charge is 0.395 e. The third kappa shape index (κ3) is 13.9. The van der Waals surface area contributed by atoms with Gasteiger partial charge in [-0.05, 0) is 6.54 Å². The molecule has 0 unspecified atom stereocenters. The van der Waals surface area contributed by atoms with Crippen molar-refractivity contribution in [3.8, 4) is 0 Å². The van der Waals surface area contributed by atoms with Crippen LogP contribution in [0.1, 0.15) is 6.92 Å². The van der Waals surface area contributed by atoms with Crippen molar-refractivity contribution in [1.82, 2.24) is 10.5 Å². The molecule has 0 aromatic heterocycles. The summed E-state index contributed by atoms with van der Waals surface area (Å²) in [6.07, 6.45) is 0. The first-order chi connectivity index (χ1) is 7.41. The van der Waals surface area contributed by atoms with Crippen LogP contribution in [0.4, 0.5) is 0 Å². The van der Waals surface area contributed by atoms with Crippen molar-refractivity contribution in [2.45, 2.75) is 6.92 Å². The zero-order valence-corrected chi connectivity index (χ0v) is 9.75. The van der Waals surface area contributed by atoms with E-state index in [-0.39, 0.29) is 0 Å². The minimum Gasteiger partial charge on any atom is -0.427 e. The molecule has 0 aliphatic heterocycles. The predicted octanol–water partition coefficient (Wildman–Crippen LogP) is -0.601. The summed E-state index contributed by atoms with van der Waals surface area (Å²) in [6, 6.07) is 0. The highest BCUT2D eigenvalue weighted by molar-refractivity contribution is 6.23. The van der Waals surface area contributed by atoms with Crippen molar-refractivity contribution in [3.63, 3.8) is 0 Å². The molecule has 0 aromatic rings. The van der Waals surface area contributed by atoms with Crippen molar-refractivity contribution >= 4 is 7.62 Å². The van der Waals surface area contributed by atoms with Gasteiger partial charge < -0.3 is 24.7 Å². The van der Waals surface area contributed by atoms with Gasteiger partial charge in [-0.1, -0.05) is 6.92 Å². The van der Waals surface area contributed by atoms with Gasteiger partial charge in [-0.3, -0.25) is 0 Å². The third-order valence-electron chi connectivity index (χ3n) is 1.64. The second kappa shape index (κ2) is 13.9. The number of rotatable bonds is 12. The van der Waals surface area contributed by atoms with Gasteiger partial charge >= 0.3 is 7.62 Å². The van der Waals surface area contributed by atoms with Crippen LogP contribution in [0.5, 0.6) is 0 Å². The summed E-state index contributed by atoms with van der Waals surface area (Å²) in [6.45, 7) is 7.42. The molecule has 0 atom stereocenters. The Morgan fingerprint density at radius 1 is 1.00 bits per heavy atom. The number of likely N-dealkylation sites (N-methyl/N-ethyl adjacent to an activating group) is 1. The fourth-order valence-corrected chi connectivity index (χ4v) is 0.916. The Kier molecular flexibility index (Phi) is 13.7. The second-order valence-corrected chi connectivity index (χ2v) is 2.89. The summed E-state index contributed by atoms with van der Waals surface area (Å²) >= 11 is 0. The molecule has 0 amide bonds. The van der Waals surface area contributed by atoms with Gasteiger partial charge in [0.1, 0.15) is 0 Å². The van der Waals surface area contributed by atoms with Crippen LogP contribution in [-0.2, 0) is 14.1 Å². The highest BCUT2D eigenvalue weighted by Crippen LogP contribution is 1.77. The highest BCUT2D eigenvalue weighted by atomic mass is 16.5. The van der Waals surface area contributed by atoms with E-state index < -0.39 is 0 Å². The molecule has 15 heavy (non-hydrogen) atoms. The van der Waals surface area contributed by atoms with Gasteiger partial charge in [-0.15, -0.1) is 0 Å². The lowest BCUT2D eigenvalue weighted by atomic mass is 10.3. The van der Waals surface area contributed by atoms with Crippen molar-refractivity contribution < 1.29 is 14.1 Å². The Balaban J connectivity index is 2.81. The first-order valence-electron chi connectivity index (χ1n) is 5.36. The summed E-state index contributed by atoms with van der Waals surface area (Å²) in [4.78, 5) is 0. The summed E-state index contributed by atoms with van der Waals surface area (Å²) in [5.41, 5.74) is 0. The van der Waals surface area contributed by atoms with Crippen LogP contribution in [0.2, 0.25) is 0 Å². The number of ether oxygens (including phenoxy) is 2. The maximum absolute atomic E-state index is 5.32. The Hall–Kier alpha value is -0.135. The molecule has 0 heterocycles. The van der Waals surface area contributed by atoms with Crippen LogP contribution in [0.25, 0.3) is 0 Å². The zero-order chi connectivity index (χ0) is 11.2. The van der Waals surface area contributed by atoms with Gasteiger partial charge in [0, 0.05) is 20.2 Å². The molecule has 0 spiro atoms. The van der Waals surface area contributed by atoms with E-state index in [4.69, 9.17) is 14.1 Å². The SMILES string of the molecule is CCNCCOCCOCCN[B]OC. The van der Waals surface area contributed by atoms with E-state index in [9.17, 15) is 0 Å². The number of hydrogen-bond donors (Lipinski definition) is 2. The van der Waals surface area contributed by atoms with Gasteiger partial charge in [-0.2, -0.15) is 0 Å². The minimum absolute atomic E-state index is 0.640. The quantitative estimate of drug-likeness (QED) is 0.337. The van der Waals surface area contributed by atoms with E-state index >= 15 is 0 Å². The van der Waals surface area contributed by atoms with E-state index in [0.717, 1.165) is 26.2 Å². The minimum atomic E-state index is 0.640. The Bertz CT molecular complexity index is 108. The normalized spacial score (nSPS) is 10.5. The highest BCUT2D eigenvalue weighted by Gasteiger charge is 1.91. The molecular weight excluding hydrogens is 195 g/mol. The van der Waals surface area contributed by atoms with Crippen molar-refractivity contribution in [3.05, 3.63) is 0 Å². The second-order valence-electron chi connectivity index (χ2n) is 2.89. The Morgan fingerprint density at radius 3 is 2.27 bits per heavy atom. The van der Waals surface area contributed by atoms with Crippen molar-refractivity contribution in [2.24, 2.45) is 0 Å². The molecule has 0 rings (SSSR count). The fourth-order valence-electron chi connectivity index (χ4n) is 0.916.